The molecule has 10 heteroatoms. The number of hydrogen-bond donors (Lipinski definition) is 1. The fourth-order valence-electron chi connectivity index (χ4n) is 8.50. The van der Waals surface area contributed by atoms with Crippen LogP contribution in [-0.2, 0) is 19.9 Å². The molecule has 45 heavy (non-hydrogen) atoms. The van der Waals surface area contributed by atoms with Crippen LogP contribution in [0.3, 0.4) is 0 Å². The number of halogens is 1. The number of amides is 3. The molecular weight excluding hydrogens is 589 g/mol. The van der Waals surface area contributed by atoms with Crippen LogP contribution in [0.15, 0.2) is 67.3 Å². The predicted octanol–water partition coefficient (Wildman–Crippen LogP) is 5.81. The van der Waals surface area contributed by atoms with E-state index in [1.165, 1.54) is 0 Å². The normalized spacial score (nSPS) is 27.4. The predicted molar refractivity (Wildman–Crippen MR) is 174 cm³/mol. The second-order valence-corrected chi connectivity index (χ2v) is 17.1. The van der Waals surface area contributed by atoms with Gasteiger partial charge in [-0.2, -0.15) is 0 Å². The Bertz CT molecular complexity index is 1750. The Morgan fingerprint density at radius 2 is 1.91 bits per heavy atom. The van der Waals surface area contributed by atoms with Crippen molar-refractivity contribution in [2.45, 2.75) is 62.6 Å². The van der Waals surface area contributed by atoms with E-state index >= 15 is 4.11 Å². The third-order valence-corrected chi connectivity index (χ3v) is 12.8. The number of aliphatic hydroxyl groups is 1. The molecule has 2 fully saturated rings. The van der Waals surface area contributed by atoms with E-state index in [1.54, 1.807) is 33.9 Å². The molecule has 4 aliphatic rings. The molecule has 3 aromatic rings. The molecule has 0 aromatic heterocycles. The van der Waals surface area contributed by atoms with Gasteiger partial charge in [-0.15, -0.1) is 6.58 Å². The van der Waals surface area contributed by atoms with Gasteiger partial charge in [-0.25, -0.2) is 0 Å². The van der Waals surface area contributed by atoms with E-state index in [-0.39, 0.29) is 43.3 Å². The van der Waals surface area contributed by atoms with Crippen LogP contribution in [0.5, 0.6) is 0 Å². The van der Waals surface area contributed by atoms with Crippen LogP contribution in [0.1, 0.15) is 42.1 Å². The summed E-state index contributed by atoms with van der Waals surface area (Å²) in [6.45, 7) is 9.58. The molecule has 0 unspecified atom stereocenters. The molecule has 2 saturated heterocycles. The largest absolute Gasteiger partial charge is 0.394 e. The molecule has 1 spiro atoms. The molecular formula is C35H38FN3O5Si. The number of carbonyl (C=O) groups excluding carboxylic acids is 3. The van der Waals surface area contributed by atoms with E-state index in [1.807, 2.05) is 61.5 Å². The number of benzene rings is 3. The smallest absolute Gasteiger partial charge is 0.264 e. The van der Waals surface area contributed by atoms with Crippen LogP contribution in [0, 0.1) is 5.92 Å². The van der Waals surface area contributed by atoms with Crippen molar-refractivity contribution in [2.75, 3.05) is 29.5 Å². The van der Waals surface area contributed by atoms with Crippen molar-refractivity contribution in [2.24, 2.45) is 5.92 Å². The average Bonchev–Trinajstić information content (AvgIpc) is 3.74. The molecule has 8 nitrogen and oxygen atoms in total. The lowest BCUT2D eigenvalue weighted by atomic mass is 9.82. The zero-order chi connectivity index (χ0) is 31.8. The Morgan fingerprint density at radius 1 is 1.16 bits per heavy atom. The van der Waals surface area contributed by atoms with Gasteiger partial charge in [0.05, 0.1) is 42.1 Å². The van der Waals surface area contributed by atoms with E-state index in [4.69, 9.17) is 4.74 Å². The summed E-state index contributed by atoms with van der Waals surface area (Å²) in [5.41, 5.74) is 0.972. The number of ether oxygens (including phenoxy) is 1. The third-order valence-electron chi connectivity index (χ3n) is 10.4. The number of nitrogens with zero attached hydrogens (tertiary/aromatic N) is 3. The Morgan fingerprint density at radius 3 is 2.62 bits per heavy atom. The van der Waals surface area contributed by atoms with Crippen molar-refractivity contribution in [3.63, 3.8) is 0 Å². The summed E-state index contributed by atoms with van der Waals surface area (Å²) in [7, 11) is -3.49. The minimum atomic E-state index is -3.49. The summed E-state index contributed by atoms with van der Waals surface area (Å²) in [6, 6.07) is 16.7. The monoisotopic (exact) mass is 627 g/mol. The third kappa shape index (κ3) is 4.25. The average molecular weight is 628 g/mol. The van der Waals surface area contributed by atoms with Crippen molar-refractivity contribution < 1.29 is 28.3 Å². The highest BCUT2D eigenvalue weighted by Gasteiger charge is 2.67. The van der Waals surface area contributed by atoms with Crippen molar-refractivity contribution in [1.82, 2.24) is 4.90 Å². The standard InChI is InChI=1S/C35H38FN3O5Si/c1-5-16-38-27-15-14-23(39-28-13-7-10-22-9-6-12-25(31(22)28)33(39)42)18-26(27)35(34(38)43)21(2)32(45(3,4)36)29(44-35)19-30(41)37-17-8-11-24(37)20-40/h5-7,9-10,12-15,18,21,24,29,32,40H,1,8,11,16-17,19-20H2,2-4H3/t21-,24+,29+,32-,35+/m1/s1. The van der Waals surface area contributed by atoms with Crippen LogP contribution >= 0.6 is 0 Å². The summed E-state index contributed by atoms with van der Waals surface area (Å²) in [4.78, 5) is 46.9. The number of carbonyl (C=O) groups is 3. The highest BCUT2D eigenvalue weighted by Crippen LogP contribution is 2.61. The molecule has 0 saturated carbocycles. The van der Waals surface area contributed by atoms with Crippen molar-refractivity contribution in [3.05, 3.63) is 78.4 Å². The molecule has 234 valence electrons. The quantitative estimate of drug-likeness (QED) is 0.203. The van der Waals surface area contributed by atoms with Crippen LogP contribution in [-0.4, -0.2) is 68.0 Å². The topological polar surface area (TPSA) is 90.4 Å². The minimum Gasteiger partial charge on any atom is -0.394 e. The van der Waals surface area contributed by atoms with Crippen LogP contribution < -0.4 is 9.80 Å². The van der Waals surface area contributed by atoms with Gasteiger partial charge in [0.2, 0.25) is 14.3 Å². The molecule has 0 bridgehead atoms. The molecule has 4 aliphatic heterocycles. The molecule has 3 aromatic carbocycles. The van der Waals surface area contributed by atoms with Gasteiger partial charge in [-0.1, -0.05) is 37.3 Å². The van der Waals surface area contributed by atoms with Gasteiger partial charge in [-0.3, -0.25) is 19.3 Å². The van der Waals surface area contributed by atoms with Crippen molar-refractivity contribution in [3.8, 4) is 0 Å². The maximum Gasteiger partial charge on any atom is 0.264 e. The fraction of sp³-hybridized carbons (Fsp3) is 0.400. The lowest BCUT2D eigenvalue weighted by Gasteiger charge is -2.31. The molecule has 3 amide bonds. The zero-order valence-corrected chi connectivity index (χ0v) is 26.8. The van der Waals surface area contributed by atoms with Gasteiger partial charge in [0.25, 0.3) is 11.8 Å². The Balaban J connectivity index is 1.33. The minimum absolute atomic E-state index is 0.0702. The summed E-state index contributed by atoms with van der Waals surface area (Å²) in [6.07, 6.45) is 2.27. The lowest BCUT2D eigenvalue weighted by molar-refractivity contribution is -0.149. The summed E-state index contributed by atoms with van der Waals surface area (Å²) in [5.74, 6) is -1.25. The molecule has 0 radical (unpaired) electrons. The highest BCUT2D eigenvalue weighted by molar-refractivity contribution is 6.72. The Labute approximate surface area is 263 Å². The Kier molecular flexibility index (Phi) is 7.03. The number of aliphatic hydroxyl groups excluding tert-OH is 1. The SMILES string of the molecule is C=CCN1C(=O)[C@@]2(O[C@@H](CC(=O)N3CCC[C@H]3CO)[C@H]([Si](C)(C)F)[C@H]2C)c2cc(N3C(=O)c4cccc5cccc3c45)ccc21. The first-order valence-electron chi connectivity index (χ1n) is 15.7. The maximum atomic E-state index is 16.3. The summed E-state index contributed by atoms with van der Waals surface area (Å²) < 4.78 is 23.1. The number of rotatable bonds is 7. The zero-order valence-electron chi connectivity index (χ0n) is 25.8. The summed E-state index contributed by atoms with van der Waals surface area (Å²) >= 11 is 0. The van der Waals surface area contributed by atoms with E-state index in [2.05, 4.69) is 6.58 Å². The first-order valence-corrected chi connectivity index (χ1v) is 18.7. The molecule has 4 heterocycles. The second kappa shape index (κ2) is 10.6. The Hall–Kier alpha value is -3.86. The van der Waals surface area contributed by atoms with E-state index in [9.17, 15) is 19.5 Å². The number of anilines is 3. The maximum absolute atomic E-state index is 16.3. The highest BCUT2D eigenvalue weighted by atomic mass is 28.4. The van der Waals surface area contributed by atoms with Crippen molar-refractivity contribution >= 4 is 54.0 Å². The molecule has 5 atom stereocenters. The second-order valence-electron chi connectivity index (χ2n) is 13.3. The van der Waals surface area contributed by atoms with Gasteiger partial charge >= 0.3 is 0 Å². The molecule has 1 N–H and O–H groups in total. The van der Waals surface area contributed by atoms with Gasteiger partial charge in [0.15, 0.2) is 5.60 Å². The van der Waals surface area contributed by atoms with Crippen LogP contribution in [0.25, 0.3) is 10.8 Å². The summed E-state index contributed by atoms with van der Waals surface area (Å²) in [5, 5.41) is 11.7. The van der Waals surface area contributed by atoms with Crippen LogP contribution in [0.4, 0.5) is 21.2 Å². The van der Waals surface area contributed by atoms with Crippen molar-refractivity contribution in [1.29, 1.82) is 0 Å². The van der Waals surface area contributed by atoms with Gasteiger partial charge in [-0.05, 0) is 61.7 Å². The van der Waals surface area contributed by atoms with E-state index in [0.29, 0.717) is 29.0 Å². The van der Waals surface area contributed by atoms with Crippen LogP contribution in [0.2, 0.25) is 18.6 Å². The molecule has 0 aliphatic carbocycles. The first kappa shape index (κ1) is 29.8. The van der Waals surface area contributed by atoms with E-state index < -0.39 is 31.6 Å². The first-order chi connectivity index (χ1) is 21.5. The fourth-order valence-corrected chi connectivity index (χ4v) is 11.0. The number of likely N-dealkylation sites (tertiary alicyclic amines) is 1. The van der Waals surface area contributed by atoms with Gasteiger partial charge in [0.1, 0.15) is 0 Å². The number of fused-ring (bicyclic) bond motifs is 2. The van der Waals surface area contributed by atoms with E-state index in [0.717, 1.165) is 29.3 Å². The number of hydrogen-bond acceptors (Lipinski definition) is 5. The molecule has 7 rings (SSSR count). The van der Waals surface area contributed by atoms with Gasteiger partial charge in [0, 0.05) is 41.2 Å². The lowest BCUT2D eigenvalue weighted by Crippen LogP contribution is -2.45. The van der Waals surface area contributed by atoms with Gasteiger partial charge < -0.3 is 23.8 Å².